The predicted molar refractivity (Wildman–Crippen MR) is 55.5 cm³/mol. The molecule has 2 heterocycles. The van der Waals surface area contributed by atoms with E-state index >= 15 is 0 Å². The number of Topliss-reactive ketones (excluding diaryl/α,β-unsaturated/α-hetero) is 1. The Balaban J connectivity index is 1.93. The van der Waals surface area contributed by atoms with E-state index in [-0.39, 0.29) is 12.2 Å². The Morgan fingerprint density at radius 3 is 3.00 bits per heavy atom. The number of thiophene rings is 1. The summed E-state index contributed by atoms with van der Waals surface area (Å²) in [6, 6.07) is 3.89. The minimum absolute atomic E-state index is 0.116. The lowest BCUT2D eigenvalue weighted by molar-refractivity contribution is -0.117. The van der Waals surface area contributed by atoms with Gasteiger partial charge in [-0.3, -0.25) is 4.79 Å². The third-order valence-electron chi connectivity index (χ3n) is 1.86. The minimum Gasteiger partial charge on any atom is -0.299 e. The number of aromatic nitrogens is 4. The van der Waals surface area contributed by atoms with Crippen LogP contribution in [0.5, 0.6) is 0 Å². The first-order chi connectivity index (χ1) is 7.24. The molecule has 0 unspecified atom stereocenters. The first-order valence-corrected chi connectivity index (χ1v) is 5.39. The van der Waals surface area contributed by atoms with Gasteiger partial charge < -0.3 is 0 Å². The smallest absolute Gasteiger partial charge is 0.182 e. The minimum atomic E-state index is 0.116. The van der Waals surface area contributed by atoms with Crippen LogP contribution in [0.15, 0.2) is 17.5 Å². The Morgan fingerprint density at radius 2 is 2.40 bits per heavy atom. The molecular formula is C9H10N4OS. The van der Waals surface area contributed by atoms with Crippen LogP contribution in [-0.4, -0.2) is 26.0 Å². The summed E-state index contributed by atoms with van der Waals surface area (Å²) in [6.07, 6.45) is 0.710. The number of ketones is 1. The molecule has 0 saturated heterocycles. The summed E-state index contributed by atoms with van der Waals surface area (Å²) in [4.78, 5) is 14.0. The van der Waals surface area contributed by atoms with Crippen LogP contribution >= 0.6 is 11.3 Å². The van der Waals surface area contributed by atoms with Crippen molar-refractivity contribution in [3.63, 3.8) is 0 Å². The lowest BCUT2D eigenvalue weighted by Crippen LogP contribution is -2.07. The van der Waals surface area contributed by atoms with Crippen molar-refractivity contribution in [2.24, 2.45) is 7.05 Å². The molecule has 0 aliphatic carbocycles. The van der Waals surface area contributed by atoms with Crippen molar-refractivity contribution in [3.05, 3.63) is 28.2 Å². The topological polar surface area (TPSA) is 60.7 Å². The molecule has 78 valence electrons. The van der Waals surface area contributed by atoms with Gasteiger partial charge in [-0.15, -0.1) is 21.5 Å². The van der Waals surface area contributed by atoms with E-state index in [2.05, 4.69) is 15.4 Å². The Hall–Kier alpha value is -1.56. The van der Waals surface area contributed by atoms with Crippen molar-refractivity contribution in [2.45, 2.75) is 12.8 Å². The summed E-state index contributed by atoms with van der Waals surface area (Å²) < 4.78 is 0. The highest BCUT2D eigenvalue weighted by Crippen LogP contribution is 2.10. The maximum atomic E-state index is 11.6. The van der Waals surface area contributed by atoms with E-state index in [1.807, 2.05) is 17.5 Å². The van der Waals surface area contributed by atoms with Crippen LogP contribution in [0.2, 0.25) is 0 Å². The highest BCUT2D eigenvalue weighted by molar-refractivity contribution is 7.10. The second-order valence-electron chi connectivity index (χ2n) is 3.17. The van der Waals surface area contributed by atoms with Gasteiger partial charge in [0.05, 0.1) is 13.5 Å². The molecule has 0 atom stereocenters. The number of carbonyl (C=O) groups is 1. The van der Waals surface area contributed by atoms with E-state index < -0.39 is 0 Å². The molecular weight excluding hydrogens is 212 g/mol. The largest absolute Gasteiger partial charge is 0.299 e. The molecule has 0 fully saturated rings. The van der Waals surface area contributed by atoms with Gasteiger partial charge in [0.1, 0.15) is 5.78 Å². The van der Waals surface area contributed by atoms with Gasteiger partial charge >= 0.3 is 0 Å². The molecule has 0 bridgehead atoms. The number of rotatable bonds is 4. The average Bonchev–Trinajstić information content (AvgIpc) is 2.77. The number of hydrogen-bond acceptors (Lipinski definition) is 5. The molecule has 0 aliphatic rings. The van der Waals surface area contributed by atoms with Crippen molar-refractivity contribution in [3.8, 4) is 0 Å². The summed E-state index contributed by atoms with van der Waals surface area (Å²) in [7, 11) is 1.68. The Kier molecular flexibility index (Phi) is 2.86. The summed E-state index contributed by atoms with van der Waals surface area (Å²) in [6.45, 7) is 0. The zero-order valence-electron chi connectivity index (χ0n) is 8.25. The van der Waals surface area contributed by atoms with Gasteiger partial charge in [-0.05, 0) is 16.7 Å². The second kappa shape index (κ2) is 4.31. The van der Waals surface area contributed by atoms with E-state index in [4.69, 9.17) is 0 Å². The van der Waals surface area contributed by atoms with Crippen LogP contribution < -0.4 is 0 Å². The Morgan fingerprint density at radius 1 is 1.53 bits per heavy atom. The zero-order valence-corrected chi connectivity index (χ0v) is 9.07. The van der Waals surface area contributed by atoms with E-state index in [1.54, 1.807) is 18.4 Å². The third-order valence-corrected chi connectivity index (χ3v) is 2.73. The fraction of sp³-hybridized carbons (Fsp3) is 0.333. The van der Waals surface area contributed by atoms with Gasteiger partial charge in [-0.2, -0.15) is 4.80 Å². The average molecular weight is 222 g/mol. The number of carbonyl (C=O) groups excluding carboxylic acids is 1. The SMILES string of the molecule is Cn1nnc(CC(=O)Cc2cccs2)n1. The van der Waals surface area contributed by atoms with Crippen LogP contribution in [0.4, 0.5) is 0 Å². The summed E-state index contributed by atoms with van der Waals surface area (Å²) in [5.41, 5.74) is 0. The zero-order chi connectivity index (χ0) is 10.7. The van der Waals surface area contributed by atoms with Crippen LogP contribution in [0, 0.1) is 0 Å². The van der Waals surface area contributed by atoms with Gasteiger partial charge in [-0.1, -0.05) is 6.07 Å². The highest BCUT2D eigenvalue weighted by Gasteiger charge is 2.09. The van der Waals surface area contributed by atoms with Crippen LogP contribution in [0.1, 0.15) is 10.7 Å². The van der Waals surface area contributed by atoms with Crippen molar-refractivity contribution in [2.75, 3.05) is 0 Å². The molecule has 0 aliphatic heterocycles. The molecule has 15 heavy (non-hydrogen) atoms. The van der Waals surface area contributed by atoms with E-state index in [1.165, 1.54) is 4.80 Å². The normalized spacial score (nSPS) is 10.5. The molecule has 0 amide bonds. The maximum Gasteiger partial charge on any atom is 0.182 e. The third kappa shape index (κ3) is 2.69. The quantitative estimate of drug-likeness (QED) is 0.761. The van der Waals surface area contributed by atoms with E-state index in [0.717, 1.165) is 4.88 Å². The number of aryl methyl sites for hydroxylation is 1. The van der Waals surface area contributed by atoms with Crippen molar-refractivity contribution < 1.29 is 4.79 Å². The monoisotopic (exact) mass is 222 g/mol. The Bertz CT molecular complexity index is 448. The van der Waals surface area contributed by atoms with Gasteiger partial charge in [-0.25, -0.2) is 0 Å². The maximum absolute atomic E-state index is 11.6. The van der Waals surface area contributed by atoms with Gasteiger partial charge in [0.15, 0.2) is 5.82 Å². The van der Waals surface area contributed by atoms with E-state index in [0.29, 0.717) is 12.2 Å². The highest BCUT2D eigenvalue weighted by atomic mass is 32.1. The number of nitrogens with zero attached hydrogens (tertiary/aromatic N) is 4. The van der Waals surface area contributed by atoms with Crippen LogP contribution in [0.3, 0.4) is 0 Å². The van der Waals surface area contributed by atoms with Crippen molar-refractivity contribution in [1.82, 2.24) is 20.2 Å². The summed E-state index contributed by atoms with van der Waals surface area (Å²) >= 11 is 1.58. The van der Waals surface area contributed by atoms with Gasteiger partial charge in [0, 0.05) is 11.3 Å². The van der Waals surface area contributed by atoms with E-state index in [9.17, 15) is 4.79 Å². The summed E-state index contributed by atoms with van der Waals surface area (Å²) in [5, 5.41) is 13.4. The molecule has 2 aromatic rings. The molecule has 2 aromatic heterocycles. The second-order valence-corrected chi connectivity index (χ2v) is 4.20. The van der Waals surface area contributed by atoms with Crippen molar-refractivity contribution >= 4 is 17.1 Å². The molecule has 0 N–H and O–H groups in total. The first-order valence-electron chi connectivity index (χ1n) is 4.51. The van der Waals surface area contributed by atoms with Gasteiger partial charge in [0.25, 0.3) is 0 Å². The molecule has 6 heteroatoms. The molecule has 2 rings (SSSR count). The number of tetrazole rings is 1. The summed E-state index contributed by atoms with van der Waals surface area (Å²) in [5.74, 6) is 0.601. The number of hydrogen-bond donors (Lipinski definition) is 0. The molecule has 0 spiro atoms. The van der Waals surface area contributed by atoms with Crippen LogP contribution in [-0.2, 0) is 24.7 Å². The van der Waals surface area contributed by atoms with Gasteiger partial charge in [0.2, 0.25) is 0 Å². The standard InChI is InChI=1S/C9H10N4OS/c1-13-11-9(10-12-13)6-7(14)5-8-3-2-4-15-8/h2-4H,5-6H2,1H3. The molecule has 0 radical (unpaired) electrons. The first kappa shape index (κ1) is 9.97. The van der Waals surface area contributed by atoms with Crippen LogP contribution in [0.25, 0.3) is 0 Å². The Labute approximate surface area is 90.7 Å². The molecule has 0 saturated carbocycles. The van der Waals surface area contributed by atoms with Crippen molar-refractivity contribution in [1.29, 1.82) is 0 Å². The molecule has 0 aromatic carbocycles. The fourth-order valence-electron chi connectivity index (χ4n) is 1.24. The molecule has 5 nitrogen and oxygen atoms in total. The lowest BCUT2D eigenvalue weighted by Gasteiger charge is -1.93. The predicted octanol–water partition coefficient (Wildman–Crippen LogP) is 0.626. The lowest BCUT2D eigenvalue weighted by atomic mass is 10.2. The fourth-order valence-corrected chi connectivity index (χ4v) is 1.97.